The van der Waals surface area contributed by atoms with Gasteiger partial charge in [0.25, 0.3) is 0 Å². The highest BCUT2D eigenvalue weighted by molar-refractivity contribution is 5.81. The van der Waals surface area contributed by atoms with Gasteiger partial charge in [-0.05, 0) is 64.3 Å². The molecule has 4 atom stereocenters. The SMILES string of the molecule is COC(=O)C1(NC2CC2)CCC(N2CCC(C)CC2C)C1. The first-order valence-electron chi connectivity index (χ1n) is 8.66. The van der Waals surface area contributed by atoms with Crippen LogP contribution >= 0.6 is 0 Å². The van der Waals surface area contributed by atoms with Gasteiger partial charge in [-0.15, -0.1) is 0 Å². The minimum absolute atomic E-state index is 0.0464. The highest BCUT2D eigenvalue weighted by Gasteiger charge is 2.50. The Morgan fingerprint density at radius 3 is 2.62 bits per heavy atom. The molecule has 0 spiro atoms. The zero-order valence-electron chi connectivity index (χ0n) is 13.7. The maximum absolute atomic E-state index is 12.4. The first-order chi connectivity index (χ1) is 10.0. The molecule has 120 valence electrons. The predicted octanol–water partition coefficient (Wildman–Crippen LogP) is 2.32. The summed E-state index contributed by atoms with van der Waals surface area (Å²) in [5.74, 6) is 0.794. The van der Waals surface area contributed by atoms with Gasteiger partial charge in [-0.3, -0.25) is 15.0 Å². The van der Waals surface area contributed by atoms with Gasteiger partial charge >= 0.3 is 5.97 Å². The summed E-state index contributed by atoms with van der Waals surface area (Å²) < 4.78 is 5.13. The number of rotatable bonds is 4. The van der Waals surface area contributed by atoms with E-state index in [9.17, 15) is 4.79 Å². The first-order valence-corrected chi connectivity index (χ1v) is 8.66. The number of nitrogens with one attached hydrogen (secondary N) is 1. The summed E-state index contributed by atoms with van der Waals surface area (Å²) >= 11 is 0. The average Bonchev–Trinajstić information content (AvgIpc) is 3.16. The number of likely N-dealkylation sites (tertiary alicyclic amines) is 1. The van der Waals surface area contributed by atoms with Crippen molar-refractivity contribution < 1.29 is 9.53 Å². The molecule has 2 aliphatic carbocycles. The monoisotopic (exact) mass is 294 g/mol. The molecule has 1 N–H and O–H groups in total. The molecular formula is C17H30N2O2. The molecule has 21 heavy (non-hydrogen) atoms. The Bertz CT molecular complexity index is 396. The van der Waals surface area contributed by atoms with Crippen molar-refractivity contribution in [1.29, 1.82) is 0 Å². The van der Waals surface area contributed by atoms with Crippen molar-refractivity contribution in [2.45, 2.75) is 82.5 Å². The van der Waals surface area contributed by atoms with Gasteiger partial charge in [-0.2, -0.15) is 0 Å². The lowest BCUT2D eigenvalue weighted by Crippen LogP contribution is -2.54. The molecule has 1 saturated heterocycles. The molecule has 4 unspecified atom stereocenters. The molecule has 0 bridgehead atoms. The largest absolute Gasteiger partial charge is 0.468 e. The summed E-state index contributed by atoms with van der Waals surface area (Å²) in [5.41, 5.74) is -0.413. The minimum Gasteiger partial charge on any atom is -0.468 e. The minimum atomic E-state index is -0.413. The topological polar surface area (TPSA) is 41.6 Å². The molecule has 3 aliphatic rings. The van der Waals surface area contributed by atoms with Gasteiger partial charge < -0.3 is 4.74 Å². The zero-order chi connectivity index (χ0) is 15.0. The average molecular weight is 294 g/mol. The van der Waals surface area contributed by atoms with Crippen LogP contribution in [0, 0.1) is 5.92 Å². The fraction of sp³-hybridized carbons (Fsp3) is 0.941. The lowest BCUT2D eigenvalue weighted by Gasteiger charge is -2.41. The number of ether oxygens (including phenoxy) is 1. The highest BCUT2D eigenvalue weighted by atomic mass is 16.5. The number of carbonyl (C=O) groups excluding carboxylic acids is 1. The molecule has 0 radical (unpaired) electrons. The van der Waals surface area contributed by atoms with Gasteiger partial charge in [-0.1, -0.05) is 6.92 Å². The summed E-state index contributed by atoms with van der Waals surface area (Å²) in [6.45, 7) is 5.89. The van der Waals surface area contributed by atoms with Crippen LogP contribution < -0.4 is 5.32 Å². The third kappa shape index (κ3) is 3.11. The summed E-state index contributed by atoms with van der Waals surface area (Å²) in [6, 6.07) is 1.73. The second-order valence-corrected chi connectivity index (χ2v) is 7.61. The summed E-state index contributed by atoms with van der Waals surface area (Å²) in [6.07, 6.45) is 7.98. The van der Waals surface area contributed by atoms with Crippen molar-refractivity contribution in [3.05, 3.63) is 0 Å². The van der Waals surface area contributed by atoms with Gasteiger partial charge in [0.2, 0.25) is 0 Å². The molecule has 4 nitrogen and oxygen atoms in total. The number of hydrogen-bond donors (Lipinski definition) is 1. The molecule has 4 heteroatoms. The van der Waals surface area contributed by atoms with Crippen LogP contribution in [0.4, 0.5) is 0 Å². The maximum atomic E-state index is 12.4. The van der Waals surface area contributed by atoms with Crippen LogP contribution in [0.15, 0.2) is 0 Å². The second-order valence-electron chi connectivity index (χ2n) is 7.61. The molecule has 1 heterocycles. The number of nitrogens with zero attached hydrogens (tertiary/aromatic N) is 1. The van der Waals surface area contributed by atoms with E-state index in [0.29, 0.717) is 18.1 Å². The molecule has 0 aromatic heterocycles. The van der Waals surface area contributed by atoms with Crippen molar-refractivity contribution in [2.75, 3.05) is 13.7 Å². The fourth-order valence-corrected chi connectivity index (χ4v) is 4.46. The highest BCUT2D eigenvalue weighted by Crippen LogP contribution is 2.39. The lowest BCUT2D eigenvalue weighted by molar-refractivity contribution is -0.148. The van der Waals surface area contributed by atoms with Crippen LogP contribution in [0.5, 0.6) is 0 Å². The van der Waals surface area contributed by atoms with Crippen molar-refractivity contribution in [2.24, 2.45) is 5.92 Å². The van der Waals surface area contributed by atoms with Gasteiger partial charge in [0.15, 0.2) is 0 Å². The number of piperidine rings is 1. The van der Waals surface area contributed by atoms with Crippen LogP contribution in [-0.4, -0.2) is 48.2 Å². The van der Waals surface area contributed by atoms with E-state index in [1.807, 2.05) is 0 Å². The standard InChI is InChI=1S/C17H30N2O2/c1-12-7-9-19(13(2)10-12)15-6-8-17(11-15,16(20)21-3)18-14-4-5-14/h12-15,18H,4-11H2,1-3H3. The maximum Gasteiger partial charge on any atom is 0.326 e. The van der Waals surface area contributed by atoms with Crippen molar-refractivity contribution in [3.63, 3.8) is 0 Å². The number of carbonyl (C=O) groups is 1. The van der Waals surface area contributed by atoms with E-state index in [2.05, 4.69) is 24.1 Å². The van der Waals surface area contributed by atoms with Crippen molar-refractivity contribution in [1.82, 2.24) is 10.2 Å². The Kier molecular flexibility index (Phi) is 4.28. The smallest absolute Gasteiger partial charge is 0.326 e. The quantitative estimate of drug-likeness (QED) is 0.808. The zero-order valence-corrected chi connectivity index (χ0v) is 13.7. The summed E-state index contributed by atoms with van der Waals surface area (Å²) in [7, 11) is 1.52. The third-order valence-corrected chi connectivity index (χ3v) is 5.78. The molecule has 3 fully saturated rings. The van der Waals surface area contributed by atoms with Crippen LogP contribution in [0.25, 0.3) is 0 Å². The van der Waals surface area contributed by atoms with Gasteiger partial charge in [0.1, 0.15) is 5.54 Å². The van der Waals surface area contributed by atoms with Crippen molar-refractivity contribution >= 4 is 5.97 Å². The molecule has 0 amide bonds. The first kappa shape index (κ1) is 15.3. The Labute approximate surface area is 128 Å². The Morgan fingerprint density at radius 2 is 2.00 bits per heavy atom. The predicted molar refractivity (Wildman–Crippen MR) is 83.1 cm³/mol. The summed E-state index contributed by atoms with van der Waals surface area (Å²) in [5, 5.41) is 3.61. The van der Waals surface area contributed by atoms with E-state index < -0.39 is 5.54 Å². The Balaban J connectivity index is 1.68. The second kappa shape index (κ2) is 5.88. The van der Waals surface area contributed by atoms with Crippen LogP contribution in [0.3, 0.4) is 0 Å². The van der Waals surface area contributed by atoms with Gasteiger partial charge in [-0.25, -0.2) is 0 Å². The molecule has 0 aromatic rings. The molecule has 1 aliphatic heterocycles. The van der Waals surface area contributed by atoms with E-state index in [4.69, 9.17) is 4.74 Å². The Morgan fingerprint density at radius 1 is 1.24 bits per heavy atom. The normalized spacial score (nSPS) is 41.2. The van der Waals surface area contributed by atoms with E-state index in [1.165, 1.54) is 39.3 Å². The number of methoxy groups -OCH3 is 1. The fourth-order valence-electron chi connectivity index (χ4n) is 4.46. The Hall–Kier alpha value is -0.610. The summed E-state index contributed by atoms with van der Waals surface area (Å²) in [4.78, 5) is 15.0. The van der Waals surface area contributed by atoms with E-state index >= 15 is 0 Å². The number of esters is 1. The lowest BCUT2D eigenvalue weighted by atomic mass is 9.91. The van der Waals surface area contributed by atoms with E-state index in [1.54, 1.807) is 0 Å². The molecule has 2 saturated carbocycles. The van der Waals surface area contributed by atoms with Crippen molar-refractivity contribution in [3.8, 4) is 0 Å². The van der Waals surface area contributed by atoms with E-state index in [0.717, 1.165) is 25.2 Å². The molecular weight excluding hydrogens is 264 g/mol. The van der Waals surface area contributed by atoms with Crippen LogP contribution in [0.2, 0.25) is 0 Å². The van der Waals surface area contributed by atoms with Crippen LogP contribution in [-0.2, 0) is 9.53 Å². The molecule has 0 aromatic carbocycles. The van der Waals surface area contributed by atoms with Crippen LogP contribution in [0.1, 0.15) is 58.8 Å². The number of hydrogen-bond acceptors (Lipinski definition) is 4. The molecule has 3 rings (SSSR count). The van der Waals surface area contributed by atoms with E-state index in [-0.39, 0.29) is 5.97 Å². The third-order valence-electron chi connectivity index (χ3n) is 5.78. The van der Waals surface area contributed by atoms with Gasteiger partial charge in [0.05, 0.1) is 7.11 Å². The van der Waals surface area contributed by atoms with Gasteiger partial charge in [0, 0.05) is 18.1 Å².